The summed E-state index contributed by atoms with van der Waals surface area (Å²) in [6.07, 6.45) is 3.67. The smallest absolute Gasteiger partial charge is 0.251 e. The Bertz CT molecular complexity index is 662. The van der Waals surface area contributed by atoms with Crippen LogP contribution in [0.1, 0.15) is 29.6 Å². The molecule has 3 aliphatic rings. The second-order valence-electron chi connectivity index (χ2n) is 6.71. The predicted octanol–water partition coefficient (Wildman–Crippen LogP) is 3.75. The van der Waals surface area contributed by atoms with Gasteiger partial charge in [0.2, 0.25) is 0 Å². The number of carbonyl (C=O) groups excluding carboxylic acids is 1. The second kappa shape index (κ2) is 6.95. The van der Waals surface area contributed by atoms with Crippen LogP contribution < -0.4 is 10.1 Å². The molecule has 3 aliphatic heterocycles. The highest BCUT2D eigenvalue weighted by Crippen LogP contribution is 2.28. The third kappa shape index (κ3) is 3.62. The van der Waals surface area contributed by atoms with Crippen LogP contribution >= 0.6 is 11.3 Å². The van der Waals surface area contributed by atoms with E-state index in [0.29, 0.717) is 5.56 Å². The van der Waals surface area contributed by atoms with Crippen molar-refractivity contribution in [2.45, 2.75) is 25.3 Å². The first-order valence-electron chi connectivity index (χ1n) is 8.61. The molecule has 1 aromatic carbocycles. The Labute approximate surface area is 146 Å². The molecule has 0 saturated carbocycles. The molecule has 3 fully saturated rings. The average Bonchev–Trinajstić information content (AvgIpc) is 2.94. The molecule has 0 spiro atoms. The summed E-state index contributed by atoms with van der Waals surface area (Å²) in [5.74, 6) is 1.55. The zero-order valence-electron chi connectivity index (χ0n) is 13.6. The number of fused-ring (bicyclic) bond motifs is 4. The van der Waals surface area contributed by atoms with Crippen molar-refractivity contribution in [3.8, 4) is 10.8 Å². The van der Waals surface area contributed by atoms with Crippen LogP contribution in [-0.4, -0.2) is 36.5 Å². The number of nitrogens with one attached hydrogen (secondary N) is 1. The van der Waals surface area contributed by atoms with Crippen LogP contribution in [0, 0.1) is 5.92 Å². The molecule has 1 N–H and O–H groups in total. The third-order valence-corrected chi connectivity index (χ3v) is 5.71. The number of thiophene rings is 1. The number of benzene rings is 1. The maximum absolute atomic E-state index is 12.5. The van der Waals surface area contributed by atoms with Crippen molar-refractivity contribution in [2.75, 3.05) is 19.6 Å². The van der Waals surface area contributed by atoms with Gasteiger partial charge in [0.15, 0.2) is 5.06 Å². The molecule has 5 rings (SSSR count). The van der Waals surface area contributed by atoms with E-state index in [4.69, 9.17) is 4.74 Å². The SMILES string of the molecule is O=C(NC1CC2CCN(CC2)C1)c1ccc(Oc2cccs2)cc1. The molecule has 4 nitrogen and oxygen atoms in total. The zero-order valence-corrected chi connectivity index (χ0v) is 14.4. The van der Waals surface area contributed by atoms with Crippen LogP contribution in [0.3, 0.4) is 0 Å². The number of carbonyl (C=O) groups is 1. The van der Waals surface area contributed by atoms with E-state index in [1.54, 1.807) is 11.3 Å². The minimum atomic E-state index is 0.0187. The van der Waals surface area contributed by atoms with Gasteiger partial charge in [-0.1, -0.05) is 0 Å². The molecule has 0 aliphatic carbocycles. The van der Waals surface area contributed by atoms with Crippen LogP contribution in [0.25, 0.3) is 0 Å². The summed E-state index contributed by atoms with van der Waals surface area (Å²) in [5.41, 5.74) is 0.695. The highest BCUT2D eigenvalue weighted by Gasteiger charge is 2.29. The van der Waals surface area contributed by atoms with Gasteiger partial charge in [0, 0.05) is 18.2 Å². The summed E-state index contributed by atoms with van der Waals surface area (Å²) >= 11 is 1.55. The lowest BCUT2D eigenvalue weighted by Crippen LogP contribution is -2.41. The summed E-state index contributed by atoms with van der Waals surface area (Å²) in [5, 5.41) is 6.06. The topological polar surface area (TPSA) is 41.6 Å². The number of hydrogen-bond donors (Lipinski definition) is 1. The van der Waals surface area contributed by atoms with E-state index >= 15 is 0 Å². The van der Waals surface area contributed by atoms with E-state index in [0.717, 1.165) is 29.7 Å². The molecule has 2 aromatic rings. The number of ether oxygens (including phenoxy) is 1. The van der Waals surface area contributed by atoms with Crippen molar-refractivity contribution in [3.05, 3.63) is 47.3 Å². The summed E-state index contributed by atoms with van der Waals surface area (Å²) in [6.45, 7) is 3.36. The molecular formula is C19H22N2O2S. The highest BCUT2D eigenvalue weighted by molar-refractivity contribution is 7.11. The molecule has 2 bridgehead atoms. The van der Waals surface area contributed by atoms with Crippen molar-refractivity contribution in [2.24, 2.45) is 5.92 Å². The molecule has 4 heterocycles. The number of nitrogens with zero attached hydrogens (tertiary/aromatic N) is 1. The monoisotopic (exact) mass is 342 g/mol. The van der Waals surface area contributed by atoms with Gasteiger partial charge in [-0.05, 0) is 80.0 Å². The number of hydrogen-bond acceptors (Lipinski definition) is 4. The summed E-state index contributed by atoms with van der Waals surface area (Å²) in [7, 11) is 0. The first kappa shape index (κ1) is 15.7. The Kier molecular flexibility index (Phi) is 4.54. The van der Waals surface area contributed by atoms with E-state index < -0.39 is 0 Å². The van der Waals surface area contributed by atoms with Gasteiger partial charge in [-0.2, -0.15) is 0 Å². The molecule has 5 heteroatoms. The van der Waals surface area contributed by atoms with Crippen molar-refractivity contribution < 1.29 is 9.53 Å². The van der Waals surface area contributed by atoms with Crippen molar-refractivity contribution in [1.29, 1.82) is 0 Å². The maximum Gasteiger partial charge on any atom is 0.251 e. The van der Waals surface area contributed by atoms with Crippen molar-refractivity contribution in [1.82, 2.24) is 10.2 Å². The molecule has 0 radical (unpaired) electrons. The number of piperidine rings is 1. The van der Waals surface area contributed by atoms with E-state index in [9.17, 15) is 4.79 Å². The van der Waals surface area contributed by atoms with Crippen LogP contribution in [-0.2, 0) is 0 Å². The number of rotatable bonds is 4. The van der Waals surface area contributed by atoms with E-state index in [1.807, 2.05) is 41.8 Å². The summed E-state index contributed by atoms with van der Waals surface area (Å²) in [4.78, 5) is 15.0. The molecule has 24 heavy (non-hydrogen) atoms. The quantitative estimate of drug-likeness (QED) is 0.920. The minimum Gasteiger partial charge on any atom is -0.447 e. The summed E-state index contributed by atoms with van der Waals surface area (Å²) < 4.78 is 5.74. The van der Waals surface area contributed by atoms with E-state index in [2.05, 4.69) is 10.2 Å². The highest BCUT2D eigenvalue weighted by atomic mass is 32.1. The van der Waals surface area contributed by atoms with Gasteiger partial charge in [0.25, 0.3) is 5.91 Å². The maximum atomic E-state index is 12.5. The largest absolute Gasteiger partial charge is 0.447 e. The normalized spacial score (nSPS) is 25.9. The van der Waals surface area contributed by atoms with Gasteiger partial charge in [0.1, 0.15) is 5.75 Å². The third-order valence-electron chi connectivity index (χ3n) is 4.97. The van der Waals surface area contributed by atoms with Crippen molar-refractivity contribution >= 4 is 17.2 Å². The molecule has 1 unspecified atom stereocenters. The number of amides is 1. The van der Waals surface area contributed by atoms with Gasteiger partial charge in [-0.15, -0.1) is 11.3 Å². The van der Waals surface area contributed by atoms with Gasteiger partial charge in [-0.25, -0.2) is 0 Å². The second-order valence-corrected chi connectivity index (χ2v) is 7.62. The minimum absolute atomic E-state index is 0.0187. The van der Waals surface area contributed by atoms with Crippen LogP contribution in [0.5, 0.6) is 10.8 Å². The Morgan fingerprint density at radius 3 is 2.67 bits per heavy atom. The van der Waals surface area contributed by atoms with E-state index in [1.165, 1.54) is 25.9 Å². The van der Waals surface area contributed by atoms with Crippen LogP contribution in [0.15, 0.2) is 41.8 Å². The fourth-order valence-electron chi connectivity index (χ4n) is 3.68. The lowest BCUT2D eigenvalue weighted by Gasteiger charge is -2.26. The molecule has 1 atom stereocenters. The summed E-state index contributed by atoms with van der Waals surface area (Å²) in [6, 6.07) is 11.5. The lowest BCUT2D eigenvalue weighted by molar-refractivity contribution is 0.0929. The average molecular weight is 342 g/mol. The fraction of sp³-hybridized carbons (Fsp3) is 0.421. The predicted molar refractivity (Wildman–Crippen MR) is 95.9 cm³/mol. The van der Waals surface area contributed by atoms with Gasteiger partial charge >= 0.3 is 0 Å². The van der Waals surface area contributed by atoms with Crippen LogP contribution in [0.2, 0.25) is 0 Å². The zero-order chi connectivity index (χ0) is 16.4. The van der Waals surface area contributed by atoms with Gasteiger partial charge in [0.05, 0.1) is 0 Å². The van der Waals surface area contributed by atoms with Gasteiger partial charge < -0.3 is 15.0 Å². The fourth-order valence-corrected chi connectivity index (χ4v) is 4.27. The lowest BCUT2D eigenvalue weighted by atomic mass is 9.94. The Morgan fingerprint density at radius 1 is 1.17 bits per heavy atom. The molecule has 1 amide bonds. The molecule has 1 aromatic heterocycles. The van der Waals surface area contributed by atoms with Crippen LogP contribution in [0.4, 0.5) is 0 Å². The molecule has 3 saturated heterocycles. The first-order valence-corrected chi connectivity index (χ1v) is 9.49. The van der Waals surface area contributed by atoms with Crippen molar-refractivity contribution in [3.63, 3.8) is 0 Å². The van der Waals surface area contributed by atoms with E-state index in [-0.39, 0.29) is 11.9 Å². The Hall–Kier alpha value is -1.85. The van der Waals surface area contributed by atoms with Gasteiger partial charge in [-0.3, -0.25) is 4.79 Å². The first-order chi connectivity index (χ1) is 11.8. The molecule has 126 valence electrons. The Morgan fingerprint density at radius 2 is 1.96 bits per heavy atom. The standard InChI is InChI=1S/C19H22N2O2S/c22-19(20-16-12-14-7-9-21(13-16)10-8-14)15-3-5-17(6-4-15)23-18-2-1-11-24-18/h1-6,11,14,16H,7-10,12-13H2,(H,20,22). The molecular weight excluding hydrogens is 320 g/mol. The Balaban J connectivity index is 1.37.